The van der Waals surface area contributed by atoms with Crippen LogP contribution in [0.3, 0.4) is 0 Å². The van der Waals surface area contributed by atoms with E-state index in [1.165, 1.54) is 0 Å². The first-order chi connectivity index (χ1) is 12.1. The van der Waals surface area contributed by atoms with E-state index in [0.29, 0.717) is 30.7 Å². The van der Waals surface area contributed by atoms with Gasteiger partial charge in [0.2, 0.25) is 5.95 Å². The quantitative estimate of drug-likeness (QED) is 0.710. The van der Waals surface area contributed by atoms with Crippen molar-refractivity contribution in [2.75, 3.05) is 25.6 Å². The number of carbonyl (C=O) groups is 1. The van der Waals surface area contributed by atoms with Gasteiger partial charge in [0.15, 0.2) is 0 Å². The molecule has 0 radical (unpaired) electrons. The lowest BCUT2D eigenvalue weighted by molar-refractivity contribution is 0.0950. The second kappa shape index (κ2) is 7.16. The van der Waals surface area contributed by atoms with Crippen molar-refractivity contribution in [2.45, 2.75) is 13.5 Å². The van der Waals surface area contributed by atoms with Crippen LogP contribution in [0.1, 0.15) is 23.0 Å². The monoisotopic (exact) mass is 340 g/mol. The molecule has 1 aromatic carbocycles. The zero-order chi connectivity index (χ0) is 17.8. The molecule has 2 aromatic heterocycles. The van der Waals surface area contributed by atoms with Crippen LogP contribution in [0.2, 0.25) is 0 Å². The highest BCUT2D eigenvalue weighted by molar-refractivity contribution is 5.97. The van der Waals surface area contributed by atoms with Crippen LogP contribution in [-0.2, 0) is 6.54 Å². The molecule has 0 saturated carbocycles. The number of carbonyl (C=O) groups excluding carboxylic acids is 1. The van der Waals surface area contributed by atoms with Crippen molar-refractivity contribution in [3.8, 4) is 6.01 Å². The average Bonchev–Trinajstić information content (AvgIpc) is 3.01. The van der Waals surface area contributed by atoms with Crippen LogP contribution in [0, 0.1) is 0 Å². The Morgan fingerprint density at radius 2 is 2.12 bits per heavy atom. The van der Waals surface area contributed by atoms with Crippen molar-refractivity contribution in [1.82, 2.24) is 25.3 Å². The van der Waals surface area contributed by atoms with Crippen molar-refractivity contribution in [1.29, 1.82) is 0 Å². The van der Waals surface area contributed by atoms with Crippen LogP contribution in [0.25, 0.3) is 11.0 Å². The summed E-state index contributed by atoms with van der Waals surface area (Å²) in [5.41, 5.74) is 2.80. The first kappa shape index (κ1) is 16.7. The van der Waals surface area contributed by atoms with Gasteiger partial charge in [-0.3, -0.25) is 4.79 Å². The molecule has 0 saturated heterocycles. The third-order valence-electron chi connectivity index (χ3n) is 3.53. The van der Waals surface area contributed by atoms with Gasteiger partial charge < -0.3 is 19.9 Å². The molecule has 0 spiro atoms. The van der Waals surface area contributed by atoms with E-state index in [2.05, 4.69) is 25.3 Å². The molecule has 3 rings (SSSR count). The Kier molecular flexibility index (Phi) is 4.78. The van der Waals surface area contributed by atoms with Gasteiger partial charge in [-0.2, -0.15) is 4.98 Å². The molecule has 8 heteroatoms. The van der Waals surface area contributed by atoms with Crippen molar-refractivity contribution >= 4 is 22.9 Å². The fourth-order valence-electron chi connectivity index (χ4n) is 2.30. The van der Waals surface area contributed by atoms with Gasteiger partial charge in [-0.05, 0) is 31.2 Å². The molecule has 0 bridgehead atoms. The highest BCUT2D eigenvalue weighted by Gasteiger charge is 2.10. The van der Waals surface area contributed by atoms with Crippen molar-refractivity contribution in [3.05, 3.63) is 41.7 Å². The largest absolute Gasteiger partial charge is 0.465 e. The molecule has 0 atom stereocenters. The molecular weight excluding hydrogens is 320 g/mol. The van der Waals surface area contributed by atoms with Crippen LogP contribution in [0.5, 0.6) is 6.01 Å². The Morgan fingerprint density at radius 1 is 1.28 bits per heavy atom. The van der Waals surface area contributed by atoms with Gasteiger partial charge in [0.1, 0.15) is 0 Å². The van der Waals surface area contributed by atoms with Gasteiger partial charge >= 0.3 is 0 Å². The Labute approximate surface area is 145 Å². The van der Waals surface area contributed by atoms with Gasteiger partial charge in [0.25, 0.3) is 11.9 Å². The van der Waals surface area contributed by atoms with Gasteiger partial charge in [-0.15, -0.1) is 0 Å². The Bertz CT molecular complexity index is 890. The number of hydrogen-bond donors (Lipinski definition) is 2. The molecule has 25 heavy (non-hydrogen) atoms. The maximum atomic E-state index is 12.4. The van der Waals surface area contributed by atoms with Crippen molar-refractivity contribution < 1.29 is 9.53 Å². The standard InChI is InChI=1S/C17H20N6O2/c1-4-25-17-21-13-6-5-11(9-14(13)22-17)15(24)19-10-12-7-8-18-16(20-12)23(2)3/h5-9H,4,10H2,1-3H3,(H,19,24)(H,21,22). The van der Waals surface area contributed by atoms with E-state index in [1.54, 1.807) is 30.5 Å². The summed E-state index contributed by atoms with van der Waals surface area (Å²) in [7, 11) is 3.74. The number of nitrogens with zero attached hydrogens (tertiary/aromatic N) is 4. The van der Waals surface area contributed by atoms with Crippen LogP contribution in [-0.4, -0.2) is 46.5 Å². The smallest absolute Gasteiger partial charge is 0.294 e. The lowest BCUT2D eigenvalue weighted by Gasteiger charge is -2.11. The van der Waals surface area contributed by atoms with Gasteiger partial charge in [0.05, 0.1) is 29.9 Å². The fourth-order valence-corrected chi connectivity index (χ4v) is 2.30. The minimum Gasteiger partial charge on any atom is -0.465 e. The summed E-state index contributed by atoms with van der Waals surface area (Å²) in [5, 5.41) is 2.86. The fraction of sp³-hybridized carbons (Fsp3) is 0.294. The maximum absolute atomic E-state index is 12.4. The van der Waals surface area contributed by atoms with E-state index in [0.717, 1.165) is 16.7 Å². The Balaban J connectivity index is 1.70. The number of imidazole rings is 1. The predicted molar refractivity (Wildman–Crippen MR) is 94.8 cm³/mol. The number of rotatable bonds is 6. The van der Waals surface area contributed by atoms with Gasteiger partial charge in [-0.25, -0.2) is 9.97 Å². The normalized spacial score (nSPS) is 10.7. The van der Waals surface area contributed by atoms with E-state index < -0.39 is 0 Å². The second-order valence-corrected chi connectivity index (χ2v) is 5.63. The molecule has 0 unspecified atom stereocenters. The molecule has 2 heterocycles. The molecule has 130 valence electrons. The number of anilines is 1. The van der Waals surface area contributed by atoms with Gasteiger partial charge in [-0.1, -0.05) is 0 Å². The summed E-state index contributed by atoms with van der Waals surface area (Å²) < 4.78 is 5.34. The zero-order valence-corrected chi connectivity index (χ0v) is 14.4. The predicted octanol–water partition coefficient (Wildman–Crippen LogP) is 1.75. The number of hydrogen-bond acceptors (Lipinski definition) is 6. The van der Waals surface area contributed by atoms with Crippen molar-refractivity contribution in [2.24, 2.45) is 0 Å². The summed E-state index contributed by atoms with van der Waals surface area (Å²) in [6.45, 7) is 2.75. The van der Waals surface area contributed by atoms with Crippen molar-refractivity contribution in [3.63, 3.8) is 0 Å². The SMILES string of the molecule is CCOc1nc2ccc(C(=O)NCc3ccnc(N(C)C)n3)cc2[nH]1. The molecule has 0 fully saturated rings. The zero-order valence-electron chi connectivity index (χ0n) is 14.4. The number of benzene rings is 1. The number of aromatic amines is 1. The van der Waals surface area contributed by atoms with E-state index in [4.69, 9.17) is 4.74 Å². The van der Waals surface area contributed by atoms with Crippen LogP contribution in [0.15, 0.2) is 30.5 Å². The molecule has 8 nitrogen and oxygen atoms in total. The number of amides is 1. The number of aromatic nitrogens is 4. The molecule has 1 amide bonds. The number of H-pyrrole nitrogens is 1. The van der Waals surface area contributed by atoms with Crippen LogP contribution in [0.4, 0.5) is 5.95 Å². The summed E-state index contributed by atoms with van der Waals surface area (Å²) in [5.74, 6) is 0.425. The van der Waals surface area contributed by atoms with E-state index in [-0.39, 0.29) is 5.91 Å². The first-order valence-electron chi connectivity index (χ1n) is 7.97. The van der Waals surface area contributed by atoms with E-state index in [1.807, 2.05) is 25.9 Å². The topological polar surface area (TPSA) is 96.0 Å². The highest BCUT2D eigenvalue weighted by atomic mass is 16.5. The summed E-state index contributed by atoms with van der Waals surface area (Å²) in [4.78, 5) is 30.1. The average molecular weight is 340 g/mol. The minimum atomic E-state index is -0.181. The second-order valence-electron chi connectivity index (χ2n) is 5.63. The molecule has 0 aliphatic carbocycles. The Hall–Kier alpha value is -3.16. The van der Waals surface area contributed by atoms with E-state index in [9.17, 15) is 4.79 Å². The third kappa shape index (κ3) is 3.85. The highest BCUT2D eigenvalue weighted by Crippen LogP contribution is 2.17. The summed E-state index contributed by atoms with van der Waals surface area (Å²) >= 11 is 0. The number of ether oxygens (including phenoxy) is 1. The maximum Gasteiger partial charge on any atom is 0.294 e. The lowest BCUT2D eigenvalue weighted by atomic mass is 10.2. The lowest BCUT2D eigenvalue weighted by Crippen LogP contribution is -2.24. The van der Waals surface area contributed by atoms with Crippen LogP contribution >= 0.6 is 0 Å². The van der Waals surface area contributed by atoms with Gasteiger partial charge in [0, 0.05) is 25.9 Å². The molecule has 0 aliphatic rings. The molecular formula is C17H20N6O2. The summed E-state index contributed by atoms with van der Waals surface area (Å²) in [6, 6.07) is 7.51. The van der Waals surface area contributed by atoms with E-state index >= 15 is 0 Å². The Morgan fingerprint density at radius 3 is 2.88 bits per heavy atom. The number of fused-ring (bicyclic) bond motifs is 1. The molecule has 2 N–H and O–H groups in total. The third-order valence-corrected chi connectivity index (χ3v) is 3.53. The molecule has 3 aromatic rings. The van der Waals surface area contributed by atoms with Crippen LogP contribution < -0.4 is 15.0 Å². The molecule has 0 aliphatic heterocycles. The first-order valence-corrected chi connectivity index (χ1v) is 7.97. The summed E-state index contributed by atoms with van der Waals surface area (Å²) in [6.07, 6.45) is 1.68. The minimum absolute atomic E-state index is 0.181. The number of nitrogens with one attached hydrogen (secondary N) is 2.